The number of halogens is 2. The fourth-order valence-electron chi connectivity index (χ4n) is 4.24. The van der Waals surface area contributed by atoms with Crippen molar-refractivity contribution in [1.29, 1.82) is 0 Å². The highest BCUT2D eigenvalue weighted by Crippen LogP contribution is 2.32. The molecule has 4 aromatic rings. The van der Waals surface area contributed by atoms with E-state index in [1.54, 1.807) is 22.9 Å². The fraction of sp³-hybridized carbons (Fsp3) is 0.240. The van der Waals surface area contributed by atoms with Gasteiger partial charge in [0.05, 0.1) is 22.6 Å². The summed E-state index contributed by atoms with van der Waals surface area (Å²) in [4.78, 5) is 44.9. The molecule has 184 valence electrons. The number of aryl methyl sites for hydroxylation is 2. The molecule has 2 aromatic heterocycles. The van der Waals surface area contributed by atoms with E-state index in [4.69, 9.17) is 0 Å². The Balaban J connectivity index is 1.53. The Labute approximate surface area is 208 Å². The van der Waals surface area contributed by atoms with Gasteiger partial charge >= 0.3 is 0 Å². The average Bonchev–Trinajstić information content (AvgIpc) is 3.50. The van der Waals surface area contributed by atoms with E-state index in [1.165, 1.54) is 17.0 Å². The van der Waals surface area contributed by atoms with Crippen molar-refractivity contribution in [3.8, 4) is 0 Å². The molecule has 0 aliphatic carbocycles. The van der Waals surface area contributed by atoms with Crippen LogP contribution in [0.2, 0.25) is 0 Å². The van der Waals surface area contributed by atoms with Crippen LogP contribution in [-0.2, 0) is 16.1 Å². The number of rotatable bonds is 6. The number of thiazole rings is 1. The third kappa shape index (κ3) is 4.37. The molecule has 2 aromatic carbocycles. The lowest BCUT2D eigenvalue weighted by atomic mass is 10.1. The van der Waals surface area contributed by atoms with Crippen molar-refractivity contribution in [3.63, 3.8) is 0 Å². The third-order valence-corrected chi connectivity index (χ3v) is 6.94. The molecule has 8 nitrogen and oxygen atoms in total. The zero-order chi connectivity index (χ0) is 25.6. The van der Waals surface area contributed by atoms with Crippen molar-refractivity contribution in [2.45, 2.75) is 33.2 Å². The molecule has 0 saturated carbocycles. The van der Waals surface area contributed by atoms with Crippen LogP contribution < -0.4 is 9.80 Å². The molecule has 1 aliphatic rings. The summed E-state index contributed by atoms with van der Waals surface area (Å²) in [5, 5.41) is 4.62. The number of hydrogen-bond donors (Lipinski definition) is 0. The van der Waals surface area contributed by atoms with Gasteiger partial charge in [0, 0.05) is 36.7 Å². The molecule has 0 atom stereocenters. The lowest BCUT2D eigenvalue weighted by molar-refractivity contribution is -0.121. The standard InChI is InChI=1S/C25H21F2N5O3S/c1-14-10-15(2)31(29-14)9-8-30(25-28-23-19(27)12-17(26)13-20(23)36-25)24(35)16-4-3-5-18(11-16)32-21(33)6-7-22(32)34/h3-5,10-13H,6-9H2,1-2H3. The Morgan fingerprint density at radius 1 is 1.08 bits per heavy atom. The number of anilines is 2. The van der Waals surface area contributed by atoms with Crippen LogP contribution in [0.5, 0.6) is 0 Å². The minimum absolute atomic E-state index is 0.0256. The topological polar surface area (TPSA) is 88.4 Å². The van der Waals surface area contributed by atoms with E-state index >= 15 is 0 Å². The first-order chi connectivity index (χ1) is 17.2. The van der Waals surface area contributed by atoms with Gasteiger partial charge in [-0.25, -0.2) is 13.8 Å². The van der Waals surface area contributed by atoms with Crippen LogP contribution in [0.4, 0.5) is 19.6 Å². The molecule has 36 heavy (non-hydrogen) atoms. The maximum atomic E-state index is 14.4. The van der Waals surface area contributed by atoms with Crippen LogP contribution >= 0.6 is 11.3 Å². The van der Waals surface area contributed by atoms with E-state index in [0.29, 0.717) is 12.2 Å². The van der Waals surface area contributed by atoms with Crippen LogP contribution in [0, 0.1) is 25.5 Å². The molecule has 0 unspecified atom stereocenters. The van der Waals surface area contributed by atoms with Gasteiger partial charge in [0.2, 0.25) is 11.8 Å². The molecule has 0 radical (unpaired) electrons. The van der Waals surface area contributed by atoms with Crippen LogP contribution in [-0.4, -0.2) is 39.0 Å². The second-order valence-corrected chi connectivity index (χ2v) is 9.52. The highest BCUT2D eigenvalue weighted by atomic mass is 32.1. The summed E-state index contributed by atoms with van der Waals surface area (Å²) in [5.74, 6) is -2.66. The number of fused-ring (bicyclic) bond motifs is 1. The van der Waals surface area contributed by atoms with Gasteiger partial charge in [-0.2, -0.15) is 5.10 Å². The normalized spacial score (nSPS) is 13.7. The Kier molecular flexibility index (Phi) is 6.09. The maximum absolute atomic E-state index is 14.4. The Morgan fingerprint density at radius 3 is 2.53 bits per heavy atom. The summed E-state index contributed by atoms with van der Waals surface area (Å²) in [5.41, 5.74) is 2.24. The zero-order valence-electron chi connectivity index (χ0n) is 19.5. The van der Waals surface area contributed by atoms with Crippen LogP contribution in [0.1, 0.15) is 34.6 Å². The average molecular weight is 510 g/mol. The van der Waals surface area contributed by atoms with E-state index in [1.807, 2.05) is 19.9 Å². The number of imide groups is 1. The molecule has 0 N–H and O–H groups in total. The lowest BCUT2D eigenvalue weighted by Crippen LogP contribution is -2.34. The van der Waals surface area contributed by atoms with Crippen LogP contribution in [0.15, 0.2) is 42.5 Å². The molecular formula is C25H21F2N5O3S. The van der Waals surface area contributed by atoms with Gasteiger partial charge in [-0.05, 0) is 44.2 Å². The summed E-state index contributed by atoms with van der Waals surface area (Å²) in [6, 6.07) is 10.1. The van der Waals surface area contributed by atoms with Gasteiger partial charge in [0.1, 0.15) is 11.3 Å². The summed E-state index contributed by atoms with van der Waals surface area (Å²) < 4.78 is 30.2. The Hall–Kier alpha value is -3.99. The fourth-order valence-corrected chi connectivity index (χ4v) is 5.27. The smallest absolute Gasteiger partial charge is 0.260 e. The molecule has 5 rings (SSSR count). The van der Waals surface area contributed by atoms with Crippen molar-refractivity contribution < 1.29 is 23.2 Å². The SMILES string of the molecule is Cc1cc(C)n(CCN(C(=O)c2cccc(N3C(=O)CCC3=O)c2)c2nc3c(F)cc(F)cc3s2)n1. The third-order valence-electron chi connectivity index (χ3n) is 5.92. The van der Waals surface area contributed by atoms with Crippen molar-refractivity contribution in [2.75, 3.05) is 16.3 Å². The largest absolute Gasteiger partial charge is 0.282 e. The van der Waals surface area contributed by atoms with Gasteiger partial charge in [-0.15, -0.1) is 0 Å². The number of nitrogens with zero attached hydrogens (tertiary/aromatic N) is 5. The summed E-state index contributed by atoms with van der Waals surface area (Å²) in [6.45, 7) is 4.25. The predicted molar refractivity (Wildman–Crippen MR) is 131 cm³/mol. The monoisotopic (exact) mass is 509 g/mol. The van der Waals surface area contributed by atoms with E-state index < -0.39 is 17.5 Å². The van der Waals surface area contributed by atoms with Crippen molar-refractivity contribution in [1.82, 2.24) is 14.8 Å². The van der Waals surface area contributed by atoms with E-state index in [-0.39, 0.29) is 52.1 Å². The quantitative estimate of drug-likeness (QED) is 0.360. The number of hydrogen-bond acceptors (Lipinski definition) is 6. The maximum Gasteiger partial charge on any atom is 0.260 e. The second kappa shape index (κ2) is 9.23. The Morgan fingerprint density at radius 2 is 1.83 bits per heavy atom. The first-order valence-electron chi connectivity index (χ1n) is 11.3. The molecule has 1 saturated heterocycles. The van der Waals surface area contributed by atoms with Gasteiger partial charge in [-0.3, -0.25) is 28.9 Å². The molecule has 3 amide bonds. The molecular weight excluding hydrogens is 488 g/mol. The lowest BCUT2D eigenvalue weighted by Gasteiger charge is -2.21. The number of carbonyl (C=O) groups excluding carboxylic acids is 3. The van der Waals surface area contributed by atoms with Crippen LogP contribution in [0.3, 0.4) is 0 Å². The number of amides is 3. The van der Waals surface area contributed by atoms with Crippen LogP contribution in [0.25, 0.3) is 10.2 Å². The van der Waals surface area contributed by atoms with Gasteiger partial charge in [-0.1, -0.05) is 17.4 Å². The number of aromatic nitrogens is 3. The second-order valence-electron chi connectivity index (χ2n) is 8.51. The highest BCUT2D eigenvalue weighted by Gasteiger charge is 2.31. The minimum atomic E-state index is -0.813. The van der Waals surface area contributed by atoms with E-state index in [2.05, 4.69) is 10.1 Å². The summed E-state index contributed by atoms with van der Waals surface area (Å²) in [6.07, 6.45) is 0.249. The first-order valence-corrected chi connectivity index (χ1v) is 12.1. The van der Waals surface area contributed by atoms with Gasteiger partial charge in [0.15, 0.2) is 10.9 Å². The van der Waals surface area contributed by atoms with Gasteiger partial charge in [0.25, 0.3) is 5.91 Å². The van der Waals surface area contributed by atoms with Crippen molar-refractivity contribution in [2.24, 2.45) is 0 Å². The van der Waals surface area contributed by atoms with E-state index in [0.717, 1.165) is 33.7 Å². The van der Waals surface area contributed by atoms with Crippen molar-refractivity contribution >= 4 is 50.1 Å². The first kappa shape index (κ1) is 23.7. The molecule has 1 aliphatic heterocycles. The molecule has 3 heterocycles. The number of benzene rings is 2. The zero-order valence-corrected chi connectivity index (χ0v) is 20.3. The minimum Gasteiger partial charge on any atom is -0.282 e. The molecule has 0 spiro atoms. The molecule has 1 fully saturated rings. The van der Waals surface area contributed by atoms with E-state index in [9.17, 15) is 23.2 Å². The predicted octanol–water partition coefficient (Wildman–Crippen LogP) is 4.39. The molecule has 11 heteroatoms. The van der Waals surface area contributed by atoms with Gasteiger partial charge < -0.3 is 0 Å². The Bertz CT molecular complexity index is 1510. The summed E-state index contributed by atoms with van der Waals surface area (Å²) >= 11 is 0.997. The van der Waals surface area contributed by atoms with Crippen molar-refractivity contribution in [3.05, 3.63) is 71.1 Å². The highest BCUT2D eigenvalue weighted by molar-refractivity contribution is 7.22. The summed E-state index contributed by atoms with van der Waals surface area (Å²) in [7, 11) is 0. The number of carbonyl (C=O) groups is 3. The molecule has 0 bridgehead atoms.